The van der Waals surface area contributed by atoms with Crippen LogP contribution in [0.5, 0.6) is 0 Å². The normalized spacial score (nSPS) is 16.6. The zero-order valence-corrected chi connectivity index (χ0v) is 13.4. The number of amides is 1. The number of benzene rings is 1. The summed E-state index contributed by atoms with van der Waals surface area (Å²) >= 11 is 0. The summed E-state index contributed by atoms with van der Waals surface area (Å²) in [4.78, 5) is 23.6. The molecule has 1 atom stereocenters. The van der Waals surface area contributed by atoms with Gasteiger partial charge in [-0.25, -0.2) is 0 Å². The Balaban J connectivity index is 1.83. The highest BCUT2D eigenvalue weighted by Crippen LogP contribution is 2.22. The van der Waals surface area contributed by atoms with E-state index in [2.05, 4.69) is 11.4 Å². The molecule has 2 rings (SSSR count). The maximum atomic E-state index is 11.9. The lowest BCUT2D eigenvalue weighted by Crippen LogP contribution is -2.22. The van der Waals surface area contributed by atoms with Crippen molar-refractivity contribution >= 4 is 17.6 Å². The first-order chi connectivity index (χ1) is 10.5. The van der Waals surface area contributed by atoms with Crippen LogP contribution in [0.2, 0.25) is 0 Å². The van der Waals surface area contributed by atoms with Gasteiger partial charge in [-0.05, 0) is 50.7 Å². The van der Waals surface area contributed by atoms with Crippen molar-refractivity contribution in [3.05, 3.63) is 41.0 Å². The van der Waals surface area contributed by atoms with Crippen LogP contribution in [0.3, 0.4) is 0 Å². The number of carbonyl (C=O) groups is 2. The fraction of sp³-hybridized carbons (Fsp3) is 0.444. The van der Waals surface area contributed by atoms with Gasteiger partial charge in [-0.1, -0.05) is 29.8 Å². The van der Waals surface area contributed by atoms with Gasteiger partial charge in [0.2, 0.25) is 0 Å². The van der Waals surface area contributed by atoms with E-state index >= 15 is 0 Å². The van der Waals surface area contributed by atoms with E-state index in [1.165, 1.54) is 0 Å². The molecule has 0 unspecified atom stereocenters. The predicted octanol–water partition coefficient (Wildman–Crippen LogP) is 3.45. The molecule has 1 aliphatic rings. The Morgan fingerprint density at radius 1 is 1.23 bits per heavy atom. The van der Waals surface area contributed by atoms with Crippen LogP contribution in [-0.2, 0) is 14.3 Å². The van der Waals surface area contributed by atoms with Crippen molar-refractivity contribution in [2.24, 2.45) is 5.92 Å². The molecule has 1 aliphatic carbocycles. The quantitative estimate of drug-likeness (QED) is 0.669. The summed E-state index contributed by atoms with van der Waals surface area (Å²) in [5.74, 6) is -0.355. The SMILES string of the molecule is Cc1cc(C)c(NC(=O)COC(=O)C[C@@H]2C=CCC2)c(C)c1. The lowest BCUT2D eigenvalue weighted by atomic mass is 10.1. The molecule has 0 saturated heterocycles. The third-order valence-electron chi connectivity index (χ3n) is 3.85. The first-order valence-electron chi connectivity index (χ1n) is 7.65. The van der Waals surface area contributed by atoms with Crippen LogP contribution in [0.15, 0.2) is 24.3 Å². The maximum absolute atomic E-state index is 11.9. The molecule has 0 bridgehead atoms. The first kappa shape index (κ1) is 16.3. The average molecular weight is 301 g/mol. The Morgan fingerprint density at radius 2 is 1.91 bits per heavy atom. The smallest absolute Gasteiger partial charge is 0.306 e. The molecule has 4 heteroatoms. The molecule has 0 saturated carbocycles. The first-order valence-corrected chi connectivity index (χ1v) is 7.65. The second-order valence-electron chi connectivity index (χ2n) is 5.95. The minimum Gasteiger partial charge on any atom is -0.456 e. The van der Waals surface area contributed by atoms with Crippen molar-refractivity contribution in [2.75, 3.05) is 11.9 Å². The molecule has 4 nitrogen and oxygen atoms in total. The second kappa shape index (κ2) is 7.25. The summed E-state index contributed by atoms with van der Waals surface area (Å²) in [6.07, 6.45) is 6.48. The number of rotatable bonds is 5. The summed E-state index contributed by atoms with van der Waals surface area (Å²) in [7, 11) is 0. The van der Waals surface area contributed by atoms with Gasteiger partial charge in [0.25, 0.3) is 5.91 Å². The predicted molar refractivity (Wildman–Crippen MR) is 86.7 cm³/mol. The number of nitrogens with one attached hydrogen (secondary N) is 1. The van der Waals surface area contributed by atoms with Crippen LogP contribution < -0.4 is 5.32 Å². The number of esters is 1. The van der Waals surface area contributed by atoms with E-state index in [4.69, 9.17) is 4.74 Å². The molecule has 0 fully saturated rings. The summed E-state index contributed by atoms with van der Waals surface area (Å²) < 4.78 is 5.06. The molecule has 0 aliphatic heterocycles. The lowest BCUT2D eigenvalue weighted by molar-refractivity contribution is -0.147. The van der Waals surface area contributed by atoms with Crippen molar-refractivity contribution in [1.29, 1.82) is 0 Å². The number of aryl methyl sites for hydroxylation is 3. The van der Waals surface area contributed by atoms with E-state index in [1.54, 1.807) is 0 Å². The van der Waals surface area contributed by atoms with Crippen LogP contribution in [0.25, 0.3) is 0 Å². The Labute approximate surface area is 131 Å². The van der Waals surface area contributed by atoms with Crippen LogP contribution >= 0.6 is 0 Å². The number of carbonyl (C=O) groups excluding carboxylic acids is 2. The molecule has 0 aromatic heterocycles. The molecular formula is C18H23NO3. The van der Waals surface area contributed by atoms with E-state index in [9.17, 15) is 9.59 Å². The minimum absolute atomic E-state index is 0.234. The van der Waals surface area contributed by atoms with Gasteiger partial charge < -0.3 is 10.1 Å². The summed E-state index contributed by atoms with van der Waals surface area (Å²) in [5, 5.41) is 2.82. The Morgan fingerprint density at radius 3 is 2.50 bits per heavy atom. The molecule has 1 amide bonds. The fourth-order valence-corrected chi connectivity index (χ4v) is 2.84. The van der Waals surface area contributed by atoms with Crippen molar-refractivity contribution in [1.82, 2.24) is 0 Å². The highest BCUT2D eigenvalue weighted by Gasteiger charge is 2.16. The Hall–Kier alpha value is -2.10. The van der Waals surface area contributed by atoms with Gasteiger partial charge in [-0.3, -0.25) is 9.59 Å². The Kier molecular flexibility index (Phi) is 5.36. The minimum atomic E-state index is -0.316. The van der Waals surface area contributed by atoms with Crippen LogP contribution in [0.1, 0.15) is 36.0 Å². The zero-order chi connectivity index (χ0) is 16.1. The van der Waals surface area contributed by atoms with Gasteiger partial charge in [0.05, 0.1) is 6.42 Å². The molecule has 0 radical (unpaired) electrons. The number of hydrogen-bond acceptors (Lipinski definition) is 3. The van der Waals surface area contributed by atoms with Crippen molar-refractivity contribution in [2.45, 2.75) is 40.0 Å². The van der Waals surface area contributed by atoms with Gasteiger partial charge >= 0.3 is 5.97 Å². The largest absolute Gasteiger partial charge is 0.456 e. The zero-order valence-electron chi connectivity index (χ0n) is 13.4. The van der Waals surface area contributed by atoms with Gasteiger partial charge in [-0.2, -0.15) is 0 Å². The highest BCUT2D eigenvalue weighted by molar-refractivity contribution is 5.94. The third kappa shape index (κ3) is 4.45. The Bertz CT molecular complexity index is 581. The molecule has 118 valence electrons. The number of allylic oxidation sites excluding steroid dienone is 2. The molecule has 1 aromatic rings. The molecule has 1 N–H and O–H groups in total. The van der Waals surface area contributed by atoms with E-state index in [1.807, 2.05) is 39.0 Å². The van der Waals surface area contributed by atoms with Crippen LogP contribution in [-0.4, -0.2) is 18.5 Å². The fourth-order valence-electron chi connectivity index (χ4n) is 2.84. The number of hydrogen-bond donors (Lipinski definition) is 1. The van der Waals surface area contributed by atoms with Crippen LogP contribution in [0.4, 0.5) is 5.69 Å². The molecular weight excluding hydrogens is 278 g/mol. The number of anilines is 1. The van der Waals surface area contributed by atoms with Gasteiger partial charge in [0.1, 0.15) is 0 Å². The van der Waals surface area contributed by atoms with Gasteiger partial charge in [0.15, 0.2) is 6.61 Å². The average Bonchev–Trinajstić information content (AvgIpc) is 2.93. The third-order valence-corrected chi connectivity index (χ3v) is 3.85. The van der Waals surface area contributed by atoms with Gasteiger partial charge in [0, 0.05) is 5.69 Å². The van der Waals surface area contributed by atoms with Gasteiger partial charge in [-0.15, -0.1) is 0 Å². The van der Waals surface area contributed by atoms with Crippen molar-refractivity contribution < 1.29 is 14.3 Å². The monoisotopic (exact) mass is 301 g/mol. The van der Waals surface area contributed by atoms with Crippen LogP contribution in [0, 0.1) is 26.7 Å². The molecule has 0 spiro atoms. The summed E-state index contributed by atoms with van der Waals surface area (Å²) in [6, 6.07) is 4.03. The number of ether oxygens (including phenoxy) is 1. The topological polar surface area (TPSA) is 55.4 Å². The molecule has 22 heavy (non-hydrogen) atoms. The van der Waals surface area contributed by atoms with E-state index in [0.717, 1.165) is 35.2 Å². The van der Waals surface area contributed by atoms with Crippen molar-refractivity contribution in [3.63, 3.8) is 0 Å². The molecule has 1 aromatic carbocycles. The summed E-state index contributed by atoms with van der Waals surface area (Å²) in [6.45, 7) is 5.69. The van der Waals surface area contributed by atoms with E-state index < -0.39 is 0 Å². The molecule has 0 heterocycles. The second-order valence-corrected chi connectivity index (χ2v) is 5.95. The summed E-state index contributed by atoms with van der Waals surface area (Å²) in [5.41, 5.74) is 3.97. The highest BCUT2D eigenvalue weighted by atomic mass is 16.5. The van der Waals surface area contributed by atoms with E-state index in [-0.39, 0.29) is 24.4 Å². The standard InChI is InChI=1S/C18H23NO3/c1-12-8-13(2)18(14(3)9-12)19-16(20)11-22-17(21)10-15-6-4-5-7-15/h4,6,8-9,15H,5,7,10-11H2,1-3H3,(H,19,20)/t15-/m1/s1. The van der Waals surface area contributed by atoms with E-state index in [0.29, 0.717) is 6.42 Å². The maximum Gasteiger partial charge on any atom is 0.306 e. The lowest BCUT2D eigenvalue weighted by Gasteiger charge is -2.13. The van der Waals surface area contributed by atoms with Crippen molar-refractivity contribution in [3.8, 4) is 0 Å².